The van der Waals surface area contributed by atoms with Crippen LogP contribution in [-0.2, 0) is 9.53 Å². The van der Waals surface area contributed by atoms with Crippen molar-refractivity contribution in [3.05, 3.63) is 65.2 Å². The Bertz CT molecular complexity index is 780. The molecule has 0 saturated carbocycles. The smallest absolute Gasteiger partial charge is 0.338 e. The molecule has 26 heavy (non-hydrogen) atoms. The van der Waals surface area contributed by atoms with Crippen LogP contribution in [0.5, 0.6) is 0 Å². The Morgan fingerprint density at radius 1 is 0.923 bits per heavy atom. The number of carbonyl (C=O) groups is 3. The standard InChI is InChI=1S/C20H22N2O4/c1-13(2)14-4-6-16(7-5-14)20(25)26-12-18(23)22-17-10-8-15(9-11-17)19(24)21-3/h4-11,13H,12H2,1-3H3,(H,21,24)(H,22,23). The van der Waals surface area contributed by atoms with Crippen molar-refractivity contribution >= 4 is 23.5 Å². The summed E-state index contributed by atoms with van der Waals surface area (Å²) in [4.78, 5) is 35.3. The lowest BCUT2D eigenvalue weighted by atomic mass is 10.0. The highest BCUT2D eigenvalue weighted by Gasteiger charge is 2.11. The Hall–Kier alpha value is -3.15. The van der Waals surface area contributed by atoms with Gasteiger partial charge < -0.3 is 15.4 Å². The number of hydrogen-bond donors (Lipinski definition) is 2. The molecule has 136 valence electrons. The first-order chi connectivity index (χ1) is 12.4. The van der Waals surface area contributed by atoms with Gasteiger partial charge in [0.15, 0.2) is 6.61 Å². The molecule has 0 atom stereocenters. The molecule has 0 saturated heterocycles. The third-order valence-electron chi connectivity index (χ3n) is 3.81. The monoisotopic (exact) mass is 354 g/mol. The second-order valence-corrected chi connectivity index (χ2v) is 6.06. The number of rotatable bonds is 6. The Morgan fingerprint density at radius 2 is 1.50 bits per heavy atom. The van der Waals surface area contributed by atoms with Crippen LogP contribution in [0.2, 0.25) is 0 Å². The van der Waals surface area contributed by atoms with Crippen LogP contribution in [0.15, 0.2) is 48.5 Å². The molecule has 2 rings (SSSR count). The maximum Gasteiger partial charge on any atom is 0.338 e. The summed E-state index contributed by atoms with van der Waals surface area (Å²) in [5.74, 6) is -0.837. The lowest BCUT2D eigenvalue weighted by Gasteiger charge is -2.08. The molecule has 6 nitrogen and oxygen atoms in total. The molecule has 6 heteroatoms. The van der Waals surface area contributed by atoms with Gasteiger partial charge in [0.05, 0.1) is 5.56 Å². The number of amides is 2. The second-order valence-electron chi connectivity index (χ2n) is 6.06. The van der Waals surface area contributed by atoms with Gasteiger partial charge in [-0.25, -0.2) is 4.79 Å². The van der Waals surface area contributed by atoms with Crippen molar-refractivity contribution in [2.24, 2.45) is 0 Å². The van der Waals surface area contributed by atoms with Crippen LogP contribution in [0.25, 0.3) is 0 Å². The zero-order valence-electron chi connectivity index (χ0n) is 15.0. The summed E-state index contributed by atoms with van der Waals surface area (Å²) in [6.45, 7) is 3.75. The zero-order valence-corrected chi connectivity index (χ0v) is 15.0. The van der Waals surface area contributed by atoms with E-state index in [4.69, 9.17) is 4.74 Å². The molecule has 0 aromatic heterocycles. The molecular weight excluding hydrogens is 332 g/mol. The molecule has 2 aromatic rings. The van der Waals surface area contributed by atoms with Gasteiger partial charge in [0, 0.05) is 18.3 Å². The van der Waals surface area contributed by atoms with E-state index in [1.165, 1.54) is 0 Å². The Kier molecular flexibility index (Phi) is 6.49. The number of carbonyl (C=O) groups excluding carboxylic acids is 3. The first-order valence-electron chi connectivity index (χ1n) is 8.29. The lowest BCUT2D eigenvalue weighted by Crippen LogP contribution is -2.21. The quantitative estimate of drug-likeness (QED) is 0.781. The van der Waals surface area contributed by atoms with Crippen LogP contribution < -0.4 is 10.6 Å². The second kappa shape index (κ2) is 8.80. The van der Waals surface area contributed by atoms with E-state index >= 15 is 0 Å². The summed E-state index contributed by atoms with van der Waals surface area (Å²) in [7, 11) is 1.54. The third-order valence-corrected chi connectivity index (χ3v) is 3.81. The predicted molar refractivity (Wildman–Crippen MR) is 99.3 cm³/mol. The van der Waals surface area contributed by atoms with E-state index in [0.717, 1.165) is 5.56 Å². The highest BCUT2D eigenvalue weighted by molar-refractivity contribution is 5.97. The van der Waals surface area contributed by atoms with Crippen molar-refractivity contribution in [2.75, 3.05) is 19.0 Å². The van der Waals surface area contributed by atoms with Gasteiger partial charge in [-0.2, -0.15) is 0 Å². The summed E-state index contributed by atoms with van der Waals surface area (Å²) in [6.07, 6.45) is 0. The van der Waals surface area contributed by atoms with Gasteiger partial charge in [-0.3, -0.25) is 9.59 Å². The summed E-state index contributed by atoms with van der Waals surface area (Å²) in [5.41, 5.74) is 2.53. The molecule has 0 spiro atoms. The predicted octanol–water partition coefficient (Wildman–Crippen LogP) is 2.97. The summed E-state index contributed by atoms with van der Waals surface area (Å²) < 4.78 is 5.03. The van der Waals surface area contributed by atoms with Crippen molar-refractivity contribution < 1.29 is 19.1 Å². The Labute approximate surface area is 152 Å². The number of ether oxygens (including phenoxy) is 1. The number of esters is 1. The average molecular weight is 354 g/mol. The van der Waals surface area contributed by atoms with Crippen molar-refractivity contribution in [1.82, 2.24) is 5.32 Å². The lowest BCUT2D eigenvalue weighted by molar-refractivity contribution is -0.119. The van der Waals surface area contributed by atoms with Crippen LogP contribution in [0.1, 0.15) is 46.0 Å². The van der Waals surface area contributed by atoms with E-state index in [-0.39, 0.29) is 12.5 Å². The first kappa shape index (κ1) is 19.2. The number of hydrogen-bond acceptors (Lipinski definition) is 4. The fraction of sp³-hybridized carbons (Fsp3) is 0.250. The van der Waals surface area contributed by atoms with E-state index in [9.17, 15) is 14.4 Å². The molecule has 0 aliphatic rings. The van der Waals surface area contributed by atoms with Crippen LogP contribution in [-0.4, -0.2) is 31.4 Å². The Balaban J connectivity index is 1.86. The molecule has 2 N–H and O–H groups in total. The van der Waals surface area contributed by atoms with E-state index in [2.05, 4.69) is 24.5 Å². The summed E-state index contributed by atoms with van der Waals surface area (Å²) >= 11 is 0. The van der Waals surface area contributed by atoms with E-state index in [1.807, 2.05) is 12.1 Å². The van der Waals surface area contributed by atoms with Gasteiger partial charge in [0.2, 0.25) is 0 Å². The molecule has 0 bridgehead atoms. The zero-order chi connectivity index (χ0) is 19.1. The van der Waals surface area contributed by atoms with Crippen LogP contribution in [0.4, 0.5) is 5.69 Å². The van der Waals surface area contributed by atoms with Gasteiger partial charge in [-0.05, 0) is 47.9 Å². The largest absolute Gasteiger partial charge is 0.452 e. The van der Waals surface area contributed by atoms with Crippen molar-refractivity contribution in [2.45, 2.75) is 19.8 Å². The topological polar surface area (TPSA) is 84.5 Å². The van der Waals surface area contributed by atoms with Crippen molar-refractivity contribution in [1.29, 1.82) is 0 Å². The van der Waals surface area contributed by atoms with Crippen LogP contribution in [0.3, 0.4) is 0 Å². The molecule has 0 aliphatic carbocycles. The van der Waals surface area contributed by atoms with Gasteiger partial charge in [-0.1, -0.05) is 26.0 Å². The van der Waals surface area contributed by atoms with Crippen molar-refractivity contribution in [3.63, 3.8) is 0 Å². The molecule has 0 aliphatic heterocycles. The fourth-order valence-electron chi connectivity index (χ4n) is 2.26. The van der Waals surface area contributed by atoms with Crippen LogP contribution in [0, 0.1) is 0 Å². The van der Waals surface area contributed by atoms with Crippen molar-refractivity contribution in [3.8, 4) is 0 Å². The average Bonchev–Trinajstić information content (AvgIpc) is 2.66. The van der Waals surface area contributed by atoms with E-state index < -0.39 is 11.9 Å². The van der Waals surface area contributed by atoms with Gasteiger partial charge >= 0.3 is 5.97 Å². The Morgan fingerprint density at radius 3 is 2.04 bits per heavy atom. The number of nitrogens with one attached hydrogen (secondary N) is 2. The highest BCUT2D eigenvalue weighted by Crippen LogP contribution is 2.15. The molecule has 0 heterocycles. The van der Waals surface area contributed by atoms with Gasteiger partial charge in [-0.15, -0.1) is 0 Å². The fourth-order valence-corrected chi connectivity index (χ4v) is 2.26. The van der Waals surface area contributed by atoms with Gasteiger partial charge in [0.25, 0.3) is 11.8 Å². The first-order valence-corrected chi connectivity index (χ1v) is 8.29. The molecular formula is C20H22N2O4. The maximum atomic E-state index is 12.0. The minimum atomic E-state index is -0.551. The minimum absolute atomic E-state index is 0.208. The van der Waals surface area contributed by atoms with E-state index in [0.29, 0.717) is 22.7 Å². The normalized spacial score (nSPS) is 10.3. The third kappa shape index (κ3) is 5.17. The number of anilines is 1. The number of benzene rings is 2. The highest BCUT2D eigenvalue weighted by atomic mass is 16.5. The molecule has 0 radical (unpaired) electrons. The summed E-state index contributed by atoms with van der Waals surface area (Å²) in [5, 5.41) is 5.12. The maximum absolute atomic E-state index is 12.0. The summed E-state index contributed by atoms with van der Waals surface area (Å²) in [6, 6.07) is 13.5. The van der Waals surface area contributed by atoms with Gasteiger partial charge in [0.1, 0.15) is 0 Å². The minimum Gasteiger partial charge on any atom is -0.452 e. The van der Waals surface area contributed by atoms with E-state index in [1.54, 1.807) is 43.4 Å². The molecule has 2 aromatic carbocycles. The molecule has 2 amide bonds. The van der Waals surface area contributed by atoms with Crippen LogP contribution >= 0.6 is 0 Å². The molecule has 0 unspecified atom stereocenters. The molecule has 0 fully saturated rings. The SMILES string of the molecule is CNC(=O)c1ccc(NC(=O)COC(=O)c2ccc(C(C)C)cc2)cc1.